The lowest BCUT2D eigenvalue weighted by molar-refractivity contribution is 0.0926. The average Bonchev–Trinajstić information content (AvgIpc) is 3.27. The zero-order valence-electron chi connectivity index (χ0n) is 14.9. The van der Waals surface area contributed by atoms with Crippen molar-refractivity contribution in [1.29, 1.82) is 0 Å². The summed E-state index contributed by atoms with van der Waals surface area (Å²) in [5.41, 5.74) is 3.19. The molecule has 2 amide bonds. The molecule has 0 atom stereocenters. The molecule has 136 valence electrons. The molecule has 6 heteroatoms. The van der Waals surface area contributed by atoms with Crippen molar-refractivity contribution in [2.24, 2.45) is 0 Å². The van der Waals surface area contributed by atoms with Crippen LogP contribution in [0, 0.1) is 0 Å². The summed E-state index contributed by atoms with van der Waals surface area (Å²) in [4.78, 5) is 31.4. The number of hydrogen-bond acceptors (Lipinski definition) is 5. The third kappa shape index (κ3) is 2.39. The molecule has 1 aliphatic rings. The summed E-state index contributed by atoms with van der Waals surface area (Å²) in [7, 11) is 1.54. The number of anilines is 1. The lowest BCUT2D eigenvalue weighted by atomic mass is 10.1. The van der Waals surface area contributed by atoms with Crippen molar-refractivity contribution in [3.63, 3.8) is 0 Å². The quantitative estimate of drug-likeness (QED) is 0.503. The van der Waals surface area contributed by atoms with E-state index < -0.39 is 0 Å². The summed E-state index contributed by atoms with van der Waals surface area (Å²) in [6.07, 6.45) is 0. The van der Waals surface area contributed by atoms with E-state index in [1.165, 1.54) is 7.11 Å². The van der Waals surface area contributed by atoms with Gasteiger partial charge in [-0.1, -0.05) is 18.2 Å². The van der Waals surface area contributed by atoms with E-state index in [1.807, 2.05) is 24.3 Å². The third-order valence-electron chi connectivity index (χ3n) is 4.74. The first-order valence-electron chi connectivity index (χ1n) is 8.68. The Morgan fingerprint density at radius 1 is 0.893 bits per heavy atom. The Morgan fingerprint density at radius 2 is 1.71 bits per heavy atom. The van der Waals surface area contributed by atoms with E-state index in [0.717, 1.165) is 10.4 Å². The first kappa shape index (κ1) is 16.3. The molecule has 0 bridgehead atoms. The molecule has 0 fully saturated rings. The van der Waals surface area contributed by atoms with Crippen LogP contribution in [0.1, 0.15) is 20.7 Å². The summed E-state index contributed by atoms with van der Waals surface area (Å²) >= 11 is 0. The van der Waals surface area contributed by atoms with Crippen LogP contribution in [0.3, 0.4) is 0 Å². The van der Waals surface area contributed by atoms with Gasteiger partial charge in [-0.3, -0.25) is 9.59 Å². The van der Waals surface area contributed by atoms with Gasteiger partial charge in [0.2, 0.25) is 5.89 Å². The van der Waals surface area contributed by atoms with Crippen LogP contribution in [0.4, 0.5) is 5.69 Å². The highest BCUT2D eigenvalue weighted by Crippen LogP contribution is 2.33. The molecule has 2 heterocycles. The van der Waals surface area contributed by atoms with Gasteiger partial charge in [0.25, 0.3) is 11.8 Å². The van der Waals surface area contributed by atoms with Gasteiger partial charge in [-0.15, -0.1) is 0 Å². The van der Waals surface area contributed by atoms with E-state index in [1.54, 1.807) is 42.5 Å². The van der Waals surface area contributed by atoms with E-state index in [4.69, 9.17) is 9.15 Å². The zero-order chi connectivity index (χ0) is 19.3. The minimum atomic E-state index is -0.383. The highest BCUT2D eigenvalue weighted by atomic mass is 16.5. The number of amides is 2. The Hall–Kier alpha value is -3.93. The van der Waals surface area contributed by atoms with E-state index >= 15 is 0 Å². The lowest BCUT2D eigenvalue weighted by Gasteiger charge is -2.14. The Bertz CT molecular complexity index is 1230. The number of benzene rings is 3. The highest BCUT2D eigenvalue weighted by molar-refractivity contribution is 6.34. The fourth-order valence-corrected chi connectivity index (χ4v) is 3.35. The number of ether oxygens (including phenoxy) is 1. The van der Waals surface area contributed by atoms with Gasteiger partial charge in [0, 0.05) is 11.6 Å². The number of carbonyl (C=O) groups is 2. The minimum absolute atomic E-state index is 0.326. The van der Waals surface area contributed by atoms with E-state index in [0.29, 0.717) is 39.6 Å². The van der Waals surface area contributed by atoms with Crippen molar-refractivity contribution in [2.45, 2.75) is 0 Å². The molecule has 0 saturated carbocycles. The number of oxazole rings is 1. The molecule has 1 aromatic heterocycles. The van der Waals surface area contributed by atoms with Crippen LogP contribution in [0.25, 0.3) is 22.6 Å². The topological polar surface area (TPSA) is 72.6 Å². The van der Waals surface area contributed by atoms with Crippen molar-refractivity contribution < 1.29 is 18.7 Å². The van der Waals surface area contributed by atoms with Crippen LogP contribution in [-0.4, -0.2) is 23.9 Å². The number of aromatic nitrogens is 1. The molecular formula is C22H14N2O4. The van der Waals surface area contributed by atoms with E-state index in [-0.39, 0.29) is 11.8 Å². The molecule has 0 spiro atoms. The summed E-state index contributed by atoms with van der Waals surface area (Å²) in [6, 6.07) is 19.3. The average molecular weight is 370 g/mol. The van der Waals surface area contributed by atoms with Crippen molar-refractivity contribution in [3.8, 4) is 17.2 Å². The van der Waals surface area contributed by atoms with Crippen LogP contribution in [0.2, 0.25) is 0 Å². The maximum atomic E-state index is 13.0. The molecule has 28 heavy (non-hydrogen) atoms. The molecular weight excluding hydrogens is 356 g/mol. The second-order valence-electron chi connectivity index (χ2n) is 6.39. The molecule has 1 aliphatic heterocycles. The fraction of sp³-hybridized carbons (Fsp3) is 0.0455. The van der Waals surface area contributed by atoms with Crippen LogP contribution in [0.5, 0.6) is 5.75 Å². The SMILES string of the molecule is COc1cccc(N2C(=O)c3ccc(-c4nc5ccccc5o4)cc3C2=O)c1. The van der Waals surface area contributed by atoms with Gasteiger partial charge in [-0.2, -0.15) is 0 Å². The molecule has 3 aromatic carbocycles. The number of methoxy groups -OCH3 is 1. The Kier molecular flexibility index (Phi) is 3.52. The lowest BCUT2D eigenvalue weighted by Crippen LogP contribution is -2.29. The third-order valence-corrected chi connectivity index (χ3v) is 4.74. The molecule has 5 rings (SSSR count). The number of hydrogen-bond donors (Lipinski definition) is 0. The van der Waals surface area contributed by atoms with Crippen molar-refractivity contribution >= 4 is 28.6 Å². The summed E-state index contributed by atoms with van der Waals surface area (Å²) in [5.74, 6) is 0.230. The molecule has 0 aliphatic carbocycles. The molecule has 0 saturated heterocycles. The maximum Gasteiger partial charge on any atom is 0.266 e. The Balaban J connectivity index is 1.57. The Labute approximate surface area is 160 Å². The standard InChI is InChI=1S/C22H14N2O4/c1-27-15-6-4-5-14(12-15)24-21(25)16-10-9-13(11-17(16)22(24)26)20-23-18-7-2-3-8-19(18)28-20/h2-12H,1H3. The van der Waals surface area contributed by atoms with Crippen molar-refractivity contribution in [1.82, 2.24) is 4.98 Å². The molecule has 0 radical (unpaired) electrons. The smallest absolute Gasteiger partial charge is 0.266 e. The minimum Gasteiger partial charge on any atom is -0.497 e. The molecule has 0 N–H and O–H groups in total. The van der Waals surface area contributed by atoms with Crippen LogP contribution in [0.15, 0.2) is 71.1 Å². The Morgan fingerprint density at radius 3 is 2.54 bits per heavy atom. The molecule has 0 unspecified atom stereocenters. The highest BCUT2D eigenvalue weighted by Gasteiger charge is 2.37. The molecule has 4 aromatic rings. The van der Waals surface area contributed by atoms with Crippen LogP contribution in [-0.2, 0) is 0 Å². The van der Waals surface area contributed by atoms with E-state index in [9.17, 15) is 9.59 Å². The fourth-order valence-electron chi connectivity index (χ4n) is 3.35. The van der Waals surface area contributed by atoms with Crippen molar-refractivity contribution in [2.75, 3.05) is 12.0 Å². The summed E-state index contributed by atoms with van der Waals surface area (Å²) < 4.78 is 11.0. The number of para-hydroxylation sites is 2. The van der Waals surface area contributed by atoms with Gasteiger partial charge < -0.3 is 9.15 Å². The van der Waals surface area contributed by atoms with Gasteiger partial charge in [-0.25, -0.2) is 9.88 Å². The van der Waals surface area contributed by atoms with Gasteiger partial charge in [-0.05, 0) is 42.5 Å². The van der Waals surface area contributed by atoms with Gasteiger partial charge in [0.15, 0.2) is 5.58 Å². The van der Waals surface area contributed by atoms with Gasteiger partial charge >= 0.3 is 0 Å². The predicted molar refractivity (Wildman–Crippen MR) is 104 cm³/mol. The number of carbonyl (C=O) groups excluding carboxylic acids is 2. The monoisotopic (exact) mass is 370 g/mol. The maximum absolute atomic E-state index is 13.0. The van der Waals surface area contributed by atoms with Gasteiger partial charge in [0.1, 0.15) is 11.3 Å². The normalized spacial score (nSPS) is 13.2. The predicted octanol–water partition coefficient (Wildman–Crippen LogP) is 4.30. The van der Waals surface area contributed by atoms with Gasteiger partial charge in [0.05, 0.1) is 23.9 Å². The number of rotatable bonds is 3. The second-order valence-corrected chi connectivity index (χ2v) is 6.39. The second kappa shape index (κ2) is 6.06. The largest absolute Gasteiger partial charge is 0.497 e. The van der Waals surface area contributed by atoms with Crippen LogP contribution >= 0.6 is 0 Å². The van der Waals surface area contributed by atoms with Crippen molar-refractivity contribution in [3.05, 3.63) is 77.9 Å². The van der Waals surface area contributed by atoms with E-state index in [2.05, 4.69) is 4.98 Å². The summed E-state index contributed by atoms with van der Waals surface area (Å²) in [6.45, 7) is 0. The first-order chi connectivity index (χ1) is 13.7. The first-order valence-corrected chi connectivity index (χ1v) is 8.68. The van der Waals surface area contributed by atoms with Crippen LogP contribution < -0.4 is 9.64 Å². The number of fused-ring (bicyclic) bond motifs is 2. The zero-order valence-corrected chi connectivity index (χ0v) is 14.9. The number of nitrogens with zero attached hydrogens (tertiary/aromatic N) is 2. The molecule has 6 nitrogen and oxygen atoms in total. The number of imide groups is 1. The summed E-state index contributed by atoms with van der Waals surface area (Å²) in [5, 5.41) is 0.